The number of rotatable bonds is 12. The van der Waals surface area contributed by atoms with Gasteiger partial charge in [-0.3, -0.25) is 0 Å². The molecule has 164 valence electrons. The maximum atomic E-state index is 11.8. The Kier molecular flexibility index (Phi) is 8.68. The molecule has 1 atom stereocenters. The molecule has 2 rings (SSSR count). The van der Waals surface area contributed by atoms with Gasteiger partial charge in [0.15, 0.2) is 6.10 Å². The zero-order valence-electron chi connectivity index (χ0n) is 17.4. The van der Waals surface area contributed by atoms with Crippen LogP contribution in [0.2, 0.25) is 0 Å². The lowest BCUT2D eigenvalue weighted by molar-refractivity contribution is -0.149. The lowest BCUT2D eigenvalue weighted by Gasteiger charge is -2.13. The van der Waals surface area contributed by atoms with Gasteiger partial charge in [-0.15, -0.1) is 0 Å². The highest BCUT2D eigenvalue weighted by Crippen LogP contribution is 2.18. The predicted molar refractivity (Wildman–Crippen MR) is 114 cm³/mol. The van der Waals surface area contributed by atoms with Gasteiger partial charge in [0, 0.05) is 19.4 Å². The number of hydrogen-bond acceptors (Lipinski definition) is 6. The fraction of sp³-hybridized carbons (Fsp3) is 0.409. The molecule has 30 heavy (non-hydrogen) atoms. The Bertz CT molecular complexity index is 904. The van der Waals surface area contributed by atoms with E-state index in [1.165, 1.54) is 0 Å². The molecule has 0 aliphatic heterocycles. The van der Waals surface area contributed by atoms with E-state index in [9.17, 15) is 13.2 Å². The fourth-order valence-corrected chi connectivity index (χ4v) is 3.16. The summed E-state index contributed by atoms with van der Waals surface area (Å²) < 4.78 is 39.6. The van der Waals surface area contributed by atoms with Gasteiger partial charge in [-0.05, 0) is 56.2 Å². The van der Waals surface area contributed by atoms with Crippen molar-refractivity contribution in [3.63, 3.8) is 0 Å². The summed E-state index contributed by atoms with van der Waals surface area (Å²) in [5.41, 5.74) is 1.84. The first-order chi connectivity index (χ1) is 14.2. The monoisotopic (exact) mass is 436 g/mol. The van der Waals surface area contributed by atoms with Crippen molar-refractivity contribution in [1.29, 1.82) is 0 Å². The van der Waals surface area contributed by atoms with Crippen LogP contribution in [-0.2, 0) is 32.5 Å². The van der Waals surface area contributed by atoms with Gasteiger partial charge >= 0.3 is 16.1 Å². The first-order valence-corrected chi connectivity index (χ1v) is 11.3. The number of carboxylic acids is 1. The van der Waals surface area contributed by atoms with Crippen molar-refractivity contribution in [2.24, 2.45) is 0 Å². The maximum absolute atomic E-state index is 11.8. The Morgan fingerprint density at radius 1 is 0.967 bits per heavy atom. The molecule has 0 aliphatic rings. The maximum Gasteiger partial charge on any atom is 0.333 e. The minimum atomic E-state index is -3.60. The first kappa shape index (κ1) is 23.7. The van der Waals surface area contributed by atoms with E-state index in [2.05, 4.69) is 0 Å². The van der Waals surface area contributed by atoms with Gasteiger partial charge in [0.25, 0.3) is 0 Å². The molecular formula is C22H28O7S. The lowest BCUT2D eigenvalue weighted by atomic mass is 10.1. The van der Waals surface area contributed by atoms with E-state index >= 15 is 0 Å². The number of hydrogen-bond donors (Lipinski definition) is 1. The number of carbonyl (C=O) groups is 1. The van der Waals surface area contributed by atoms with E-state index in [4.69, 9.17) is 18.8 Å². The number of aliphatic carboxylic acids is 1. The van der Waals surface area contributed by atoms with Gasteiger partial charge < -0.3 is 18.8 Å². The van der Waals surface area contributed by atoms with Crippen LogP contribution in [0.4, 0.5) is 0 Å². The Balaban J connectivity index is 1.83. The number of carboxylic acid groups (broad SMARTS) is 1. The summed E-state index contributed by atoms with van der Waals surface area (Å²) in [4.78, 5) is 11.2. The largest absolute Gasteiger partial charge is 0.493 e. The van der Waals surface area contributed by atoms with Crippen molar-refractivity contribution in [2.75, 3.05) is 13.2 Å². The van der Waals surface area contributed by atoms with Crippen molar-refractivity contribution < 1.29 is 32.0 Å². The van der Waals surface area contributed by atoms with Crippen LogP contribution in [0.25, 0.3) is 0 Å². The minimum absolute atomic E-state index is 0.288. The Morgan fingerprint density at radius 3 is 2.07 bits per heavy atom. The normalized spacial score (nSPS) is 12.5. The average Bonchev–Trinajstić information content (AvgIpc) is 2.70. The van der Waals surface area contributed by atoms with Crippen LogP contribution in [0.1, 0.15) is 31.9 Å². The molecule has 8 heteroatoms. The van der Waals surface area contributed by atoms with Crippen LogP contribution in [0.3, 0.4) is 0 Å². The van der Waals surface area contributed by atoms with Gasteiger partial charge in [-0.1, -0.05) is 24.3 Å². The van der Waals surface area contributed by atoms with Gasteiger partial charge in [0.2, 0.25) is 0 Å². The fourth-order valence-electron chi connectivity index (χ4n) is 2.58. The minimum Gasteiger partial charge on any atom is -0.493 e. The Hall–Kier alpha value is -2.58. The first-order valence-electron chi connectivity index (χ1n) is 9.79. The molecule has 0 spiro atoms. The van der Waals surface area contributed by atoms with E-state index in [0.717, 1.165) is 11.1 Å². The predicted octanol–water partition coefficient (Wildman–Crippen LogP) is 3.46. The van der Waals surface area contributed by atoms with Crippen molar-refractivity contribution in [2.45, 2.75) is 45.0 Å². The molecule has 7 nitrogen and oxygen atoms in total. The van der Waals surface area contributed by atoms with Gasteiger partial charge in [-0.25, -0.2) is 4.79 Å². The second-order valence-electron chi connectivity index (χ2n) is 7.00. The van der Waals surface area contributed by atoms with Crippen molar-refractivity contribution in [1.82, 2.24) is 0 Å². The van der Waals surface area contributed by atoms with Crippen LogP contribution in [0.15, 0.2) is 48.5 Å². The van der Waals surface area contributed by atoms with Crippen molar-refractivity contribution >= 4 is 16.1 Å². The Morgan fingerprint density at radius 2 is 1.53 bits per heavy atom. The topological polar surface area (TPSA) is 99.1 Å². The number of benzene rings is 2. The van der Waals surface area contributed by atoms with Crippen LogP contribution in [0, 0.1) is 0 Å². The molecule has 0 amide bonds. The summed E-state index contributed by atoms with van der Waals surface area (Å²) in [6.07, 6.45) is 0.0821. The van der Waals surface area contributed by atoms with Crippen LogP contribution >= 0.6 is 0 Å². The quantitative estimate of drug-likeness (QED) is 0.509. The highest BCUT2D eigenvalue weighted by atomic mass is 32.2. The summed E-state index contributed by atoms with van der Waals surface area (Å²) in [6, 6.07) is 14.1. The van der Waals surface area contributed by atoms with E-state index in [-0.39, 0.29) is 5.75 Å². The third-order valence-electron chi connectivity index (χ3n) is 4.36. The molecule has 0 aliphatic carbocycles. The van der Waals surface area contributed by atoms with E-state index in [0.29, 0.717) is 31.8 Å². The summed E-state index contributed by atoms with van der Waals surface area (Å²) in [5, 5.41) is 8.55. The SMILES string of the molecule is CCOC(Cc1ccc(OCCc2ccc(OS(=O)(=O)C(C)C)cc2)cc1)C(=O)O. The molecule has 0 bridgehead atoms. The third kappa shape index (κ3) is 7.35. The molecule has 0 saturated carbocycles. The smallest absolute Gasteiger partial charge is 0.333 e. The summed E-state index contributed by atoms with van der Waals surface area (Å²) in [7, 11) is -3.60. The highest BCUT2D eigenvalue weighted by molar-refractivity contribution is 7.87. The van der Waals surface area contributed by atoms with Crippen molar-refractivity contribution in [3.05, 3.63) is 59.7 Å². The lowest BCUT2D eigenvalue weighted by Crippen LogP contribution is -2.26. The molecule has 1 N–H and O–H groups in total. The van der Waals surface area contributed by atoms with E-state index in [1.54, 1.807) is 57.2 Å². The molecule has 2 aromatic carbocycles. The van der Waals surface area contributed by atoms with E-state index in [1.807, 2.05) is 12.1 Å². The van der Waals surface area contributed by atoms with Crippen molar-refractivity contribution in [3.8, 4) is 11.5 Å². The molecule has 0 fully saturated rings. The zero-order chi connectivity index (χ0) is 22.1. The molecule has 0 radical (unpaired) electrons. The molecule has 1 unspecified atom stereocenters. The third-order valence-corrected chi connectivity index (χ3v) is 5.94. The van der Waals surface area contributed by atoms with Gasteiger partial charge in [-0.2, -0.15) is 8.42 Å². The molecule has 0 heterocycles. The molecule has 2 aromatic rings. The summed E-state index contributed by atoms with van der Waals surface area (Å²) >= 11 is 0. The molecular weight excluding hydrogens is 408 g/mol. The summed E-state index contributed by atoms with van der Waals surface area (Å²) in [5.74, 6) is -0.00362. The highest BCUT2D eigenvalue weighted by Gasteiger charge is 2.18. The Labute approximate surface area is 177 Å². The van der Waals surface area contributed by atoms with E-state index < -0.39 is 27.4 Å². The summed E-state index contributed by atoms with van der Waals surface area (Å²) in [6.45, 7) is 5.69. The van der Waals surface area contributed by atoms with Crippen LogP contribution in [0.5, 0.6) is 11.5 Å². The number of ether oxygens (including phenoxy) is 2. The second kappa shape index (κ2) is 11.0. The average molecular weight is 437 g/mol. The van der Waals surface area contributed by atoms with Crippen LogP contribution < -0.4 is 8.92 Å². The van der Waals surface area contributed by atoms with Gasteiger partial charge in [0.1, 0.15) is 11.5 Å². The van der Waals surface area contributed by atoms with Crippen LogP contribution in [-0.4, -0.2) is 44.1 Å². The molecule has 0 aromatic heterocycles. The standard InChI is InChI=1S/C22H28O7S/c1-4-27-21(22(23)24)15-18-7-9-19(10-8-18)28-14-13-17-5-11-20(12-6-17)29-30(25,26)16(2)3/h5-12,16,21H,4,13-15H2,1-3H3,(H,23,24). The van der Waals surface area contributed by atoms with Gasteiger partial charge in [0.05, 0.1) is 11.9 Å². The zero-order valence-corrected chi connectivity index (χ0v) is 18.2. The molecule has 0 saturated heterocycles. The second-order valence-corrected chi connectivity index (χ2v) is 9.09.